The molecule has 0 bridgehead atoms. The second kappa shape index (κ2) is 6.81. The summed E-state index contributed by atoms with van der Waals surface area (Å²) in [5, 5.41) is 3.01. The molecule has 0 saturated carbocycles. The van der Waals surface area contributed by atoms with E-state index in [1.807, 2.05) is 31.4 Å². The molecule has 2 heterocycles. The highest BCUT2D eigenvalue weighted by Gasteiger charge is 2.11. The zero-order valence-corrected chi connectivity index (χ0v) is 13.0. The molecule has 0 saturated heterocycles. The van der Waals surface area contributed by atoms with E-state index in [4.69, 9.17) is 10.5 Å². The predicted octanol–water partition coefficient (Wildman–Crippen LogP) is 3.01. The van der Waals surface area contributed by atoms with Crippen LogP contribution >= 0.6 is 11.3 Å². The van der Waals surface area contributed by atoms with Crippen molar-refractivity contribution in [2.75, 3.05) is 0 Å². The predicted molar refractivity (Wildman–Crippen MR) is 82.1 cm³/mol. The molecule has 0 aliphatic heterocycles. The Hall–Kier alpha value is -1.46. The summed E-state index contributed by atoms with van der Waals surface area (Å²) < 4.78 is 5.87. The number of aryl methyl sites for hydroxylation is 2. The largest absolute Gasteiger partial charge is 0.485 e. The molecule has 4 nitrogen and oxygen atoms in total. The van der Waals surface area contributed by atoms with Crippen molar-refractivity contribution in [1.29, 1.82) is 0 Å². The Morgan fingerprint density at radius 2 is 2.05 bits per heavy atom. The van der Waals surface area contributed by atoms with E-state index in [-0.39, 0.29) is 6.04 Å². The average Bonchev–Trinajstić information content (AvgIpc) is 2.83. The van der Waals surface area contributed by atoms with E-state index in [0.29, 0.717) is 6.61 Å². The zero-order chi connectivity index (χ0) is 14.5. The van der Waals surface area contributed by atoms with Crippen LogP contribution in [0.1, 0.15) is 35.4 Å². The van der Waals surface area contributed by atoms with Crippen LogP contribution < -0.4 is 10.5 Å². The molecule has 0 aliphatic rings. The molecule has 0 aromatic carbocycles. The molecule has 2 aromatic rings. The molecule has 0 radical (unpaired) electrons. The smallest absolute Gasteiger partial charge is 0.141 e. The van der Waals surface area contributed by atoms with Crippen molar-refractivity contribution in [3.8, 4) is 5.75 Å². The number of nitrogens with two attached hydrogens (primary N) is 1. The molecule has 0 spiro atoms. The van der Waals surface area contributed by atoms with Crippen LogP contribution in [0.3, 0.4) is 0 Å². The third-order valence-electron chi connectivity index (χ3n) is 3.07. The minimum atomic E-state index is 0.119. The lowest BCUT2D eigenvalue weighted by Crippen LogP contribution is -2.22. The molecule has 2 rings (SSSR count). The van der Waals surface area contributed by atoms with Crippen molar-refractivity contribution < 1.29 is 4.74 Å². The first kappa shape index (κ1) is 14.9. The highest BCUT2D eigenvalue weighted by molar-refractivity contribution is 7.09. The first-order chi connectivity index (χ1) is 9.58. The fourth-order valence-electron chi connectivity index (χ4n) is 1.88. The zero-order valence-electron chi connectivity index (χ0n) is 12.2. The Morgan fingerprint density at radius 3 is 2.70 bits per heavy atom. The highest BCUT2D eigenvalue weighted by Crippen LogP contribution is 2.21. The molecule has 2 aromatic heterocycles. The normalized spacial score (nSPS) is 12.4. The number of ether oxygens (including phenoxy) is 1. The molecular weight excluding hydrogens is 270 g/mol. The van der Waals surface area contributed by atoms with Crippen LogP contribution in [0.4, 0.5) is 0 Å². The summed E-state index contributed by atoms with van der Waals surface area (Å²) in [6.45, 7) is 6.53. The van der Waals surface area contributed by atoms with Crippen LogP contribution in [-0.2, 0) is 13.0 Å². The lowest BCUT2D eigenvalue weighted by Gasteiger charge is -2.13. The van der Waals surface area contributed by atoms with Gasteiger partial charge in [0.2, 0.25) is 0 Å². The van der Waals surface area contributed by atoms with Gasteiger partial charge in [-0.2, -0.15) is 0 Å². The van der Waals surface area contributed by atoms with Gasteiger partial charge in [0.15, 0.2) is 0 Å². The van der Waals surface area contributed by atoms with Gasteiger partial charge < -0.3 is 10.5 Å². The quantitative estimate of drug-likeness (QED) is 0.888. The van der Waals surface area contributed by atoms with Crippen molar-refractivity contribution >= 4 is 11.3 Å². The number of nitrogens with zero attached hydrogens (tertiary/aromatic N) is 2. The summed E-state index contributed by atoms with van der Waals surface area (Å²) in [5.41, 5.74) is 8.98. The SMILES string of the molecule is CCC(N)Cc1nc(C)ccc1OCc1nc(C)cs1. The van der Waals surface area contributed by atoms with Gasteiger partial charge >= 0.3 is 0 Å². The van der Waals surface area contributed by atoms with E-state index in [2.05, 4.69) is 16.9 Å². The Balaban J connectivity index is 2.09. The van der Waals surface area contributed by atoms with Crippen LogP contribution in [0.5, 0.6) is 5.75 Å². The molecule has 5 heteroatoms. The average molecular weight is 291 g/mol. The second-order valence-corrected chi connectivity index (χ2v) is 5.88. The summed E-state index contributed by atoms with van der Waals surface area (Å²) in [4.78, 5) is 8.96. The number of aromatic nitrogens is 2. The fraction of sp³-hybridized carbons (Fsp3) is 0.467. The molecule has 20 heavy (non-hydrogen) atoms. The van der Waals surface area contributed by atoms with E-state index in [9.17, 15) is 0 Å². The van der Waals surface area contributed by atoms with Gasteiger partial charge in [0.05, 0.1) is 5.69 Å². The number of thiazole rings is 1. The Bertz CT molecular complexity index is 568. The van der Waals surface area contributed by atoms with Gasteiger partial charge in [-0.25, -0.2) is 4.98 Å². The van der Waals surface area contributed by atoms with Crippen molar-refractivity contribution in [3.63, 3.8) is 0 Å². The second-order valence-electron chi connectivity index (χ2n) is 4.94. The van der Waals surface area contributed by atoms with Crippen molar-refractivity contribution in [2.24, 2.45) is 5.73 Å². The molecular formula is C15H21N3OS. The van der Waals surface area contributed by atoms with Crippen molar-refractivity contribution in [3.05, 3.63) is 39.6 Å². The Kier molecular flexibility index (Phi) is 5.09. The van der Waals surface area contributed by atoms with Gasteiger partial charge in [-0.1, -0.05) is 6.92 Å². The van der Waals surface area contributed by atoms with Crippen molar-refractivity contribution in [1.82, 2.24) is 9.97 Å². The van der Waals surface area contributed by atoms with Gasteiger partial charge in [0, 0.05) is 29.2 Å². The summed E-state index contributed by atoms with van der Waals surface area (Å²) in [6.07, 6.45) is 1.67. The minimum absolute atomic E-state index is 0.119. The van der Waals surface area contributed by atoms with Crippen molar-refractivity contribution in [2.45, 2.75) is 46.3 Å². The topological polar surface area (TPSA) is 61.0 Å². The summed E-state index contributed by atoms with van der Waals surface area (Å²) in [6, 6.07) is 4.05. The number of rotatable bonds is 6. The number of hydrogen-bond donors (Lipinski definition) is 1. The van der Waals surface area contributed by atoms with Crippen LogP contribution in [-0.4, -0.2) is 16.0 Å². The lowest BCUT2D eigenvalue weighted by atomic mass is 10.1. The van der Waals surface area contributed by atoms with Crippen LogP contribution in [0, 0.1) is 13.8 Å². The highest BCUT2D eigenvalue weighted by atomic mass is 32.1. The molecule has 0 amide bonds. The Morgan fingerprint density at radius 1 is 1.25 bits per heavy atom. The van der Waals surface area contributed by atoms with E-state index >= 15 is 0 Å². The first-order valence-electron chi connectivity index (χ1n) is 6.84. The van der Waals surface area contributed by atoms with Gasteiger partial charge in [0.25, 0.3) is 0 Å². The maximum Gasteiger partial charge on any atom is 0.141 e. The third-order valence-corrected chi connectivity index (χ3v) is 4.01. The molecule has 108 valence electrons. The maximum absolute atomic E-state index is 6.03. The molecule has 0 fully saturated rings. The third kappa shape index (κ3) is 4.02. The summed E-state index contributed by atoms with van der Waals surface area (Å²) >= 11 is 1.61. The lowest BCUT2D eigenvalue weighted by molar-refractivity contribution is 0.299. The molecule has 0 aliphatic carbocycles. The van der Waals surface area contributed by atoms with Gasteiger partial charge in [0.1, 0.15) is 17.4 Å². The monoisotopic (exact) mass is 291 g/mol. The molecule has 1 atom stereocenters. The van der Waals surface area contributed by atoms with E-state index in [1.165, 1.54) is 0 Å². The van der Waals surface area contributed by atoms with Crippen LogP contribution in [0.25, 0.3) is 0 Å². The van der Waals surface area contributed by atoms with Crippen LogP contribution in [0.15, 0.2) is 17.5 Å². The molecule has 2 N–H and O–H groups in total. The van der Waals surface area contributed by atoms with Gasteiger partial charge in [-0.3, -0.25) is 4.98 Å². The Labute approximate surface area is 124 Å². The van der Waals surface area contributed by atoms with Gasteiger partial charge in [-0.15, -0.1) is 11.3 Å². The van der Waals surface area contributed by atoms with Gasteiger partial charge in [-0.05, 0) is 32.4 Å². The summed E-state index contributed by atoms with van der Waals surface area (Å²) in [7, 11) is 0. The summed E-state index contributed by atoms with van der Waals surface area (Å²) in [5.74, 6) is 0.812. The van der Waals surface area contributed by atoms with E-state index in [0.717, 1.165) is 40.7 Å². The number of pyridine rings is 1. The fourth-order valence-corrected chi connectivity index (χ4v) is 2.56. The molecule has 1 unspecified atom stereocenters. The maximum atomic E-state index is 6.03. The first-order valence-corrected chi connectivity index (χ1v) is 7.72. The van der Waals surface area contributed by atoms with Crippen LogP contribution in [0.2, 0.25) is 0 Å². The van der Waals surface area contributed by atoms with E-state index in [1.54, 1.807) is 11.3 Å². The van der Waals surface area contributed by atoms with E-state index < -0.39 is 0 Å². The number of hydrogen-bond acceptors (Lipinski definition) is 5. The standard InChI is InChI=1S/C15H21N3OS/c1-4-12(16)7-13-14(6-5-10(2)17-13)19-8-15-18-11(3)9-20-15/h5-6,9,12H,4,7-8,16H2,1-3H3. The minimum Gasteiger partial charge on any atom is -0.485 e.